The van der Waals surface area contributed by atoms with Crippen LogP contribution in [-0.4, -0.2) is 36.6 Å². The van der Waals surface area contributed by atoms with Crippen molar-refractivity contribution in [1.82, 2.24) is 4.90 Å². The summed E-state index contributed by atoms with van der Waals surface area (Å²) >= 11 is 0. The predicted molar refractivity (Wildman–Crippen MR) is 62.8 cm³/mol. The second kappa shape index (κ2) is 6.41. The number of halogens is 3. The highest BCUT2D eigenvalue weighted by Crippen LogP contribution is 2.33. The van der Waals surface area contributed by atoms with Crippen LogP contribution >= 0.6 is 0 Å². The van der Waals surface area contributed by atoms with E-state index in [2.05, 4.69) is 0 Å². The number of hydrogen-bond donors (Lipinski definition) is 1. The number of hydrogen-bond acceptors (Lipinski definition) is 2. The van der Waals surface area contributed by atoms with Crippen LogP contribution in [0.3, 0.4) is 0 Å². The lowest BCUT2D eigenvalue weighted by Crippen LogP contribution is -2.46. The third kappa shape index (κ3) is 4.15. The van der Waals surface area contributed by atoms with E-state index in [-0.39, 0.29) is 24.8 Å². The second-order valence-corrected chi connectivity index (χ2v) is 5.00. The van der Waals surface area contributed by atoms with E-state index in [4.69, 9.17) is 5.73 Å². The maximum Gasteiger partial charge on any atom is 0.393 e. The SMILES string of the molecule is CC(CCCN)C(=O)N1CCCC(C(F)(F)F)C1. The predicted octanol–water partition coefficient (Wildman–Crippen LogP) is 2.16. The summed E-state index contributed by atoms with van der Waals surface area (Å²) in [5.74, 6) is -1.77. The Labute approximate surface area is 106 Å². The number of rotatable bonds is 4. The zero-order chi connectivity index (χ0) is 13.8. The highest BCUT2D eigenvalue weighted by molar-refractivity contribution is 5.78. The molecule has 106 valence electrons. The van der Waals surface area contributed by atoms with Crippen LogP contribution < -0.4 is 5.73 Å². The molecule has 2 N–H and O–H groups in total. The minimum Gasteiger partial charge on any atom is -0.342 e. The van der Waals surface area contributed by atoms with Crippen molar-refractivity contribution in [2.24, 2.45) is 17.6 Å². The normalized spacial score (nSPS) is 22.9. The van der Waals surface area contributed by atoms with Crippen molar-refractivity contribution < 1.29 is 18.0 Å². The van der Waals surface area contributed by atoms with Crippen molar-refractivity contribution in [2.45, 2.75) is 38.8 Å². The molecular weight excluding hydrogens is 245 g/mol. The molecule has 1 rings (SSSR count). The summed E-state index contributed by atoms with van der Waals surface area (Å²) < 4.78 is 37.9. The molecule has 18 heavy (non-hydrogen) atoms. The maximum atomic E-state index is 12.6. The molecule has 1 aliphatic heterocycles. The molecule has 2 atom stereocenters. The van der Waals surface area contributed by atoms with Gasteiger partial charge >= 0.3 is 6.18 Å². The van der Waals surface area contributed by atoms with E-state index < -0.39 is 12.1 Å². The lowest BCUT2D eigenvalue weighted by Gasteiger charge is -2.35. The highest BCUT2D eigenvalue weighted by Gasteiger charge is 2.42. The number of nitrogens with two attached hydrogens (primary N) is 1. The standard InChI is InChI=1S/C12H21F3N2O/c1-9(4-2-6-16)11(18)17-7-3-5-10(8-17)12(13,14)15/h9-10H,2-8,16H2,1H3. The lowest BCUT2D eigenvalue weighted by molar-refractivity contribution is -0.188. The fourth-order valence-electron chi connectivity index (χ4n) is 2.30. The van der Waals surface area contributed by atoms with Gasteiger partial charge in [0, 0.05) is 19.0 Å². The molecule has 1 amide bonds. The van der Waals surface area contributed by atoms with Gasteiger partial charge in [-0.15, -0.1) is 0 Å². The molecule has 3 nitrogen and oxygen atoms in total. The molecule has 0 spiro atoms. The molecule has 0 aromatic heterocycles. The summed E-state index contributed by atoms with van der Waals surface area (Å²) in [6.07, 6.45) is -2.27. The van der Waals surface area contributed by atoms with Crippen LogP contribution in [0.1, 0.15) is 32.6 Å². The van der Waals surface area contributed by atoms with Gasteiger partial charge in [0.15, 0.2) is 0 Å². The highest BCUT2D eigenvalue weighted by atomic mass is 19.4. The van der Waals surface area contributed by atoms with Crippen LogP contribution in [-0.2, 0) is 4.79 Å². The first-order valence-electron chi connectivity index (χ1n) is 6.41. The minimum absolute atomic E-state index is 0.129. The van der Waals surface area contributed by atoms with E-state index in [0.29, 0.717) is 25.9 Å². The Morgan fingerprint density at radius 3 is 2.72 bits per heavy atom. The van der Waals surface area contributed by atoms with E-state index in [9.17, 15) is 18.0 Å². The van der Waals surface area contributed by atoms with Gasteiger partial charge < -0.3 is 10.6 Å². The molecule has 0 saturated carbocycles. The van der Waals surface area contributed by atoms with E-state index in [1.807, 2.05) is 0 Å². The molecule has 1 saturated heterocycles. The van der Waals surface area contributed by atoms with E-state index in [1.54, 1.807) is 6.92 Å². The number of likely N-dealkylation sites (tertiary alicyclic amines) is 1. The molecule has 1 fully saturated rings. The number of piperidine rings is 1. The maximum absolute atomic E-state index is 12.6. The Morgan fingerprint density at radius 2 is 2.17 bits per heavy atom. The van der Waals surface area contributed by atoms with Crippen molar-refractivity contribution in [2.75, 3.05) is 19.6 Å². The van der Waals surface area contributed by atoms with E-state index >= 15 is 0 Å². The van der Waals surface area contributed by atoms with Crippen LogP contribution in [0, 0.1) is 11.8 Å². The number of carbonyl (C=O) groups is 1. The monoisotopic (exact) mass is 266 g/mol. The summed E-state index contributed by atoms with van der Waals surface area (Å²) in [4.78, 5) is 13.4. The van der Waals surface area contributed by atoms with Crippen LogP contribution in [0.25, 0.3) is 0 Å². The molecule has 1 aliphatic rings. The third-order valence-corrected chi connectivity index (χ3v) is 3.46. The molecule has 2 unspecified atom stereocenters. The molecule has 0 radical (unpaired) electrons. The first kappa shape index (κ1) is 15.3. The quantitative estimate of drug-likeness (QED) is 0.847. The first-order valence-corrected chi connectivity index (χ1v) is 6.41. The van der Waals surface area contributed by atoms with Gasteiger partial charge in [-0.25, -0.2) is 0 Å². The molecule has 0 aromatic carbocycles. The molecule has 0 bridgehead atoms. The zero-order valence-corrected chi connectivity index (χ0v) is 10.7. The van der Waals surface area contributed by atoms with Gasteiger partial charge in [-0.1, -0.05) is 6.92 Å². The second-order valence-electron chi connectivity index (χ2n) is 5.00. The summed E-state index contributed by atoms with van der Waals surface area (Å²) in [6.45, 7) is 2.52. The fraction of sp³-hybridized carbons (Fsp3) is 0.917. The summed E-state index contributed by atoms with van der Waals surface area (Å²) in [7, 11) is 0. The van der Waals surface area contributed by atoms with Crippen molar-refractivity contribution in [3.05, 3.63) is 0 Å². The van der Waals surface area contributed by atoms with Crippen LogP contribution in [0.15, 0.2) is 0 Å². The van der Waals surface area contributed by atoms with Gasteiger partial charge in [0.1, 0.15) is 0 Å². The molecule has 6 heteroatoms. The van der Waals surface area contributed by atoms with Gasteiger partial charge in [0.25, 0.3) is 0 Å². The van der Waals surface area contributed by atoms with Crippen molar-refractivity contribution >= 4 is 5.91 Å². The average molecular weight is 266 g/mol. The van der Waals surface area contributed by atoms with Crippen LogP contribution in [0.4, 0.5) is 13.2 Å². The molecule has 0 aromatic rings. The lowest BCUT2D eigenvalue weighted by atomic mass is 9.95. The fourth-order valence-corrected chi connectivity index (χ4v) is 2.30. The molecule has 0 aliphatic carbocycles. The third-order valence-electron chi connectivity index (χ3n) is 3.46. The number of nitrogens with zero attached hydrogens (tertiary/aromatic N) is 1. The molecular formula is C12H21F3N2O. The topological polar surface area (TPSA) is 46.3 Å². The summed E-state index contributed by atoms with van der Waals surface area (Å²) in [5.41, 5.74) is 5.36. The Balaban J connectivity index is 2.53. The van der Waals surface area contributed by atoms with Gasteiger partial charge in [0.2, 0.25) is 5.91 Å². The Hall–Kier alpha value is -0.780. The van der Waals surface area contributed by atoms with Crippen LogP contribution in [0.5, 0.6) is 0 Å². The Bertz CT molecular complexity index is 281. The van der Waals surface area contributed by atoms with Gasteiger partial charge in [-0.2, -0.15) is 13.2 Å². The van der Waals surface area contributed by atoms with Gasteiger partial charge in [0.05, 0.1) is 5.92 Å². The Kier molecular flexibility index (Phi) is 5.44. The van der Waals surface area contributed by atoms with Crippen LogP contribution in [0.2, 0.25) is 0 Å². The number of carbonyl (C=O) groups excluding carboxylic acids is 1. The Morgan fingerprint density at radius 1 is 1.50 bits per heavy atom. The van der Waals surface area contributed by atoms with Crippen molar-refractivity contribution in [3.8, 4) is 0 Å². The van der Waals surface area contributed by atoms with E-state index in [1.165, 1.54) is 4.90 Å². The average Bonchev–Trinajstić information content (AvgIpc) is 2.34. The van der Waals surface area contributed by atoms with Gasteiger partial charge in [-0.3, -0.25) is 4.79 Å². The van der Waals surface area contributed by atoms with Crippen molar-refractivity contribution in [1.29, 1.82) is 0 Å². The zero-order valence-electron chi connectivity index (χ0n) is 10.7. The minimum atomic E-state index is -4.19. The number of alkyl halides is 3. The largest absolute Gasteiger partial charge is 0.393 e. The van der Waals surface area contributed by atoms with E-state index in [0.717, 1.165) is 6.42 Å². The molecule has 1 heterocycles. The number of amides is 1. The van der Waals surface area contributed by atoms with Crippen molar-refractivity contribution in [3.63, 3.8) is 0 Å². The summed E-state index contributed by atoms with van der Waals surface area (Å²) in [6, 6.07) is 0. The summed E-state index contributed by atoms with van der Waals surface area (Å²) in [5, 5.41) is 0. The smallest absolute Gasteiger partial charge is 0.342 e. The first-order chi connectivity index (χ1) is 8.36. The van der Waals surface area contributed by atoms with Gasteiger partial charge in [-0.05, 0) is 32.2 Å².